The van der Waals surface area contributed by atoms with Crippen molar-refractivity contribution < 1.29 is 4.92 Å². The van der Waals surface area contributed by atoms with Gasteiger partial charge in [0.15, 0.2) is 0 Å². The highest BCUT2D eigenvalue weighted by molar-refractivity contribution is 7.13. The Morgan fingerprint density at radius 1 is 1.33 bits per heavy atom. The van der Waals surface area contributed by atoms with Gasteiger partial charge in [0, 0.05) is 43.7 Å². The van der Waals surface area contributed by atoms with Crippen LogP contribution in [0.4, 0.5) is 5.00 Å². The van der Waals surface area contributed by atoms with Gasteiger partial charge in [-0.2, -0.15) is 0 Å². The standard InChI is InChI=1S/C13H19N3O2S.2ClH/c17-16(18)12-8-11(9-19-12)13(10-2-1-3-10)15-6-4-14-5-7-15;;/h8-10,13-14H,1-7H2;2*1H/t13-;;/m0../s1. The molecule has 1 aromatic rings. The van der Waals surface area contributed by atoms with E-state index in [2.05, 4.69) is 10.2 Å². The molecular formula is C13H21Cl2N3O2S. The lowest BCUT2D eigenvalue weighted by atomic mass is 9.77. The second-order valence-corrected chi connectivity index (χ2v) is 6.29. The van der Waals surface area contributed by atoms with Crippen molar-refractivity contribution in [2.24, 2.45) is 5.92 Å². The summed E-state index contributed by atoms with van der Waals surface area (Å²) in [5.41, 5.74) is 1.16. The van der Waals surface area contributed by atoms with Crippen LogP contribution in [0.15, 0.2) is 11.4 Å². The van der Waals surface area contributed by atoms with Gasteiger partial charge >= 0.3 is 5.00 Å². The molecule has 0 radical (unpaired) electrons. The average Bonchev–Trinajstić information content (AvgIpc) is 2.84. The van der Waals surface area contributed by atoms with Gasteiger partial charge in [0.1, 0.15) is 0 Å². The van der Waals surface area contributed by atoms with Crippen LogP contribution in [0, 0.1) is 16.0 Å². The number of hydrogen-bond acceptors (Lipinski definition) is 5. The molecule has 0 bridgehead atoms. The number of hydrogen-bond donors (Lipinski definition) is 1. The van der Waals surface area contributed by atoms with Crippen molar-refractivity contribution in [3.05, 3.63) is 27.1 Å². The highest BCUT2D eigenvalue weighted by Gasteiger charge is 2.34. The highest BCUT2D eigenvalue weighted by Crippen LogP contribution is 2.43. The van der Waals surface area contributed by atoms with Gasteiger partial charge in [-0.05, 0) is 24.3 Å². The zero-order chi connectivity index (χ0) is 13.2. The number of halogens is 2. The molecule has 0 unspecified atom stereocenters. The minimum Gasteiger partial charge on any atom is -0.314 e. The van der Waals surface area contributed by atoms with Gasteiger partial charge < -0.3 is 5.32 Å². The number of thiophene rings is 1. The summed E-state index contributed by atoms with van der Waals surface area (Å²) in [6.07, 6.45) is 3.83. The molecule has 0 amide bonds. The fourth-order valence-corrected chi connectivity index (χ4v) is 3.84. The predicted octanol–water partition coefficient (Wildman–Crippen LogP) is 3.25. The molecule has 0 spiro atoms. The van der Waals surface area contributed by atoms with Crippen LogP contribution in [0.3, 0.4) is 0 Å². The van der Waals surface area contributed by atoms with Gasteiger partial charge in [0.2, 0.25) is 0 Å². The summed E-state index contributed by atoms with van der Waals surface area (Å²) in [5, 5.41) is 16.5. The van der Waals surface area contributed by atoms with Crippen molar-refractivity contribution in [1.29, 1.82) is 0 Å². The van der Waals surface area contributed by atoms with Crippen molar-refractivity contribution in [3.8, 4) is 0 Å². The maximum Gasteiger partial charge on any atom is 0.324 e. The molecule has 8 heteroatoms. The lowest BCUT2D eigenvalue weighted by Crippen LogP contribution is -2.47. The molecule has 1 N–H and O–H groups in total. The van der Waals surface area contributed by atoms with E-state index in [0.29, 0.717) is 12.0 Å². The molecule has 1 aliphatic carbocycles. The van der Waals surface area contributed by atoms with E-state index in [1.54, 1.807) is 6.07 Å². The number of piperazine rings is 1. The molecule has 2 aliphatic rings. The first-order chi connectivity index (χ1) is 9.25. The van der Waals surface area contributed by atoms with Crippen molar-refractivity contribution in [2.45, 2.75) is 25.3 Å². The topological polar surface area (TPSA) is 58.4 Å². The minimum atomic E-state index is -0.274. The third-order valence-corrected chi connectivity index (χ3v) is 5.17. The van der Waals surface area contributed by atoms with Gasteiger partial charge in [-0.25, -0.2) is 0 Å². The maximum atomic E-state index is 10.9. The minimum absolute atomic E-state index is 0. The first kappa shape index (κ1) is 18.6. The SMILES string of the molecule is Cl.Cl.O=[N+]([O-])c1cc([C@H](C2CCC2)N2CCNCC2)cs1. The predicted molar refractivity (Wildman–Crippen MR) is 90.0 cm³/mol. The normalized spacial score (nSPS) is 20.8. The van der Waals surface area contributed by atoms with Crippen molar-refractivity contribution in [2.75, 3.05) is 26.2 Å². The highest BCUT2D eigenvalue weighted by atomic mass is 35.5. The molecule has 2 fully saturated rings. The first-order valence-corrected chi connectivity index (χ1v) is 7.81. The van der Waals surface area contributed by atoms with Gasteiger partial charge in [-0.15, -0.1) is 24.8 Å². The summed E-state index contributed by atoms with van der Waals surface area (Å²) in [7, 11) is 0. The van der Waals surface area contributed by atoms with Crippen LogP contribution in [-0.4, -0.2) is 36.0 Å². The Balaban J connectivity index is 0.00000110. The summed E-state index contributed by atoms with van der Waals surface area (Å²) in [6.45, 7) is 4.14. The molecule has 1 aromatic heterocycles. The summed E-state index contributed by atoms with van der Waals surface area (Å²) in [6, 6.07) is 2.18. The zero-order valence-electron chi connectivity index (χ0n) is 11.7. The third kappa shape index (κ3) is 4.07. The van der Waals surface area contributed by atoms with Crippen molar-refractivity contribution >= 4 is 41.2 Å². The molecule has 5 nitrogen and oxygen atoms in total. The molecule has 3 rings (SSSR count). The van der Waals surface area contributed by atoms with Crippen molar-refractivity contribution in [1.82, 2.24) is 10.2 Å². The molecule has 1 saturated carbocycles. The monoisotopic (exact) mass is 353 g/mol. The second-order valence-electron chi connectivity index (χ2n) is 5.40. The van der Waals surface area contributed by atoms with E-state index < -0.39 is 0 Å². The Morgan fingerprint density at radius 3 is 2.48 bits per heavy atom. The number of nitrogens with zero attached hydrogens (tertiary/aromatic N) is 2. The maximum absolute atomic E-state index is 10.9. The van der Waals surface area contributed by atoms with Gasteiger partial charge in [-0.1, -0.05) is 17.8 Å². The van der Waals surface area contributed by atoms with Crippen LogP contribution >= 0.6 is 36.2 Å². The smallest absolute Gasteiger partial charge is 0.314 e. The Hall–Kier alpha value is -0.400. The summed E-state index contributed by atoms with van der Waals surface area (Å²) >= 11 is 1.26. The van der Waals surface area contributed by atoms with Crippen LogP contribution < -0.4 is 5.32 Å². The van der Waals surface area contributed by atoms with E-state index in [0.717, 1.165) is 31.7 Å². The zero-order valence-corrected chi connectivity index (χ0v) is 14.1. The van der Waals surface area contributed by atoms with E-state index in [1.807, 2.05) is 5.38 Å². The van der Waals surface area contributed by atoms with E-state index in [-0.39, 0.29) is 34.7 Å². The lowest BCUT2D eigenvalue weighted by molar-refractivity contribution is -0.380. The molecule has 1 saturated heterocycles. The lowest BCUT2D eigenvalue weighted by Gasteiger charge is -2.42. The number of rotatable bonds is 4. The summed E-state index contributed by atoms with van der Waals surface area (Å²) in [4.78, 5) is 13.1. The van der Waals surface area contributed by atoms with Crippen LogP contribution in [0.5, 0.6) is 0 Å². The van der Waals surface area contributed by atoms with Gasteiger partial charge in [0.25, 0.3) is 0 Å². The quantitative estimate of drug-likeness (QED) is 0.666. The Labute approximate surface area is 141 Å². The largest absolute Gasteiger partial charge is 0.324 e. The van der Waals surface area contributed by atoms with Crippen LogP contribution in [0.1, 0.15) is 30.9 Å². The molecule has 21 heavy (non-hydrogen) atoms. The second kappa shape index (κ2) is 8.29. The summed E-state index contributed by atoms with van der Waals surface area (Å²) in [5.74, 6) is 0.687. The fraction of sp³-hybridized carbons (Fsp3) is 0.692. The molecule has 1 aliphatic heterocycles. The fourth-order valence-electron chi connectivity index (χ4n) is 3.09. The van der Waals surface area contributed by atoms with E-state index in [1.165, 1.54) is 30.6 Å². The Morgan fingerprint density at radius 2 is 2.00 bits per heavy atom. The Kier molecular flexibility index (Phi) is 7.36. The number of nitrogens with one attached hydrogen (secondary N) is 1. The van der Waals surface area contributed by atoms with Crippen LogP contribution in [-0.2, 0) is 0 Å². The summed E-state index contributed by atoms with van der Waals surface area (Å²) < 4.78 is 0. The average molecular weight is 354 g/mol. The third-order valence-electron chi connectivity index (χ3n) is 4.27. The van der Waals surface area contributed by atoms with Gasteiger partial charge in [0.05, 0.1) is 4.92 Å². The number of nitro groups is 1. The van der Waals surface area contributed by atoms with Gasteiger partial charge in [-0.3, -0.25) is 15.0 Å². The molecule has 120 valence electrons. The molecule has 2 heterocycles. The molecular weight excluding hydrogens is 333 g/mol. The van der Waals surface area contributed by atoms with Crippen molar-refractivity contribution in [3.63, 3.8) is 0 Å². The molecule has 0 aromatic carbocycles. The first-order valence-electron chi connectivity index (χ1n) is 6.93. The van der Waals surface area contributed by atoms with E-state index >= 15 is 0 Å². The van der Waals surface area contributed by atoms with E-state index in [4.69, 9.17) is 0 Å². The van der Waals surface area contributed by atoms with Crippen LogP contribution in [0.25, 0.3) is 0 Å². The molecule has 1 atom stereocenters. The van der Waals surface area contributed by atoms with Crippen LogP contribution in [0.2, 0.25) is 0 Å². The van der Waals surface area contributed by atoms with E-state index in [9.17, 15) is 10.1 Å². The Bertz CT molecular complexity index is 462.